The number of carboxylic acids is 2. The molecule has 1 saturated carbocycles. The SMILES string of the molecule is COc1ccc(C(O)C(=O)N[C@@H](Cc2cc(F)cc(F)c2)[C@@H](O)CC(=O)N[C@H](C(=O)NC2CC(C(=O)O)CC(C(=O)O)C2)C(C)C)cc1. The molecule has 1 aliphatic rings. The Labute approximate surface area is 275 Å². The lowest BCUT2D eigenvalue weighted by atomic mass is 9.78. The van der Waals surface area contributed by atoms with Crippen molar-refractivity contribution in [3.8, 4) is 5.75 Å². The van der Waals surface area contributed by atoms with Gasteiger partial charge in [-0.15, -0.1) is 0 Å². The molecule has 0 radical (unpaired) electrons. The van der Waals surface area contributed by atoms with Crippen LogP contribution >= 0.6 is 0 Å². The number of nitrogens with one attached hydrogen (secondary N) is 3. The fourth-order valence-corrected chi connectivity index (χ4v) is 5.70. The number of aliphatic carboxylic acids is 2. The molecule has 0 heterocycles. The molecule has 1 fully saturated rings. The first-order valence-corrected chi connectivity index (χ1v) is 15.4. The quantitative estimate of drug-likeness (QED) is 0.145. The number of amides is 3. The molecule has 0 aliphatic heterocycles. The summed E-state index contributed by atoms with van der Waals surface area (Å²) in [6.07, 6.45) is -4.45. The fraction of sp³-hybridized carbons (Fsp3) is 0.485. The van der Waals surface area contributed by atoms with E-state index in [1.807, 2.05) is 0 Å². The number of aliphatic hydroxyl groups is 2. The number of methoxy groups -OCH3 is 1. The molecule has 2 aromatic rings. The lowest BCUT2D eigenvalue weighted by Gasteiger charge is -2.33. The van der Waals surface area contributed by atoms with E-state index in [1.165, 1.54) is 31.4 Å². The predicted molar refractivity (Wildman–Crippen MR) is 165 cm³/mol. The summed E-state index contributed by atoms with van der Waals surface area (Å²) < 4.78 is 33.0. The van der Waals surface area contributed by atoms with Crippen molar-refractivity contribution in [2.45, 2.75) is 76.3 Å². The lowest BCUT2D eigenvalue weighted by Crippen LogP contribution is -2.55. The van der Waals surface area contributed by atoms with E-state index >= 15 is 0 Å². The highest BCUT2D eigenvalue weighted by Gasteiger charge is 2.38. The molecule has 13 nitrogen and oxygen atoms in total. The third-order valence-corrected chi connectivity index (χ3v) is 8.26. The van der Waals surface area contributed by atoms with Crippen molar-refractivity contribution in [3.05, 3.63) is 65.2 Å². The monoisotopic (exact) mass is 677 g/mol. The summed E-state index contributed by atoms with van der Waals surface area (Å²) in [4.78, 5) is 62.5. The predicted octanol–water partition coefficient (Wildman–Crippen LogP) is 1.70. The number of halogens is 2. The van der Waals surface area contributed by atoms with Gasteiger partial charge < -0.3 is 41.1 Å². The zero-order valence-corrected chi connectivity index (χ0v) is 26.7. The number of ether oxygens (including phenoxy) is 1. The van der Waals surface area contributed by atoms with Crippen LogP contribution in [0.3, 0.4) is 0 Å². The third-order valence-electron chi connectivity index (χ3n) is 8.26. The molecule has 3 amide bonds. The van der Waals surface area contributed by atoms with Crippen molar-refractivity contribution in [1.82, 2.24) is 16.0 Å². The zero-order valence-electron chi connectivity index (χ0n) is 26.7. The number of hydrogen-bond donors (Lipinski definition) is 7. The van der Waals surface area contributed by atoms with E-state index in [-0.39, 0.29) is 36.8 Å². The Kier molecular flexibility index (Phi) is 13.4. The van der Waals surface area contributed by atoms with Crippen molar-refractivity contribution in [2.75, 3.05) is 7.11 Å². The molecule has 0 spiro atoms. The Morgan fingerprint density at radius 1 is 0.854 bits per heavy atom. The van der Waals surface area contributed by atoms with Crippen LogP contribution in [0.1, 0.15) is 56.8 Å². The fourth-order valence-electron chi connectivity index (χ4n) is 5.70. The molecular formula is C33H41F2N3O10. The van der Waals surface area contributed by atoms with E-state index in [9.17, 15) is 53.2 Å². The summed E-state index contributed by atoms with van der Waals surface area (Å²) in [6.45, 7) is 3.26. The number of carbonyl (C=O) groups is 5. The van der Waals surface area contributed by atoms with Gasteiger partial charge in [-0.1, -0.05) is 26.0 Å². The van der Waals surface area contributed by atoms with Crippen LogP contribution in [0, 0.1) is 29.4 Å². The number of carbonyl (C=O) groups excluding carboxylic acids is 3. The Hall–Kier alpha value is -4.63. The summed E-state index contributed by atoms with van der Waals surface area (Å²) in [5.41, 5.74) is 0.228. The molecule has 7 N–H and O–H groups in total. The van der Waals surface area contributed by atoms with E-state index in [4.69, 9.17) is 4.74 Å². The Bertz CT molecular complexity index is 1430. The van der Waals surface area contributed by atoms with E-state index < -0.39 is 95.8 Å². The van der Waals surface area contributed by atoms with Crippen LogP contribution < -0.4 is 20.7 Å². The number of aliphatic hydroxyl groups excluding tert-OH is 2. The van der Waals surface area contributed by atoms with Gasteiger partial charge in [0, 0.05) is 12.1 Å². The van der Waals surface area contributed by atoms with Gasteiger partial charge in [0.15, 0.2) is 6.10 Å². The minimum Gasteiger partial charge on any atom is -0.497 e. The normalized spacial score (nSPS) is 20.1. The molecule has 2 aromatic carbocycles. The molecule has 15 heteroatoms. The summed E-state index contributed by atoms with van der Waals surface area (Å²) in [5, 5.41) is 48.2. The average Bonchev–Trinajstić information content (AvgIpc) is 3.01. The van der Waals surface area contributed by atoms with Gasteiger partial charge in [-0.05, 0) is 67.0 Å². The first-order valence-electron chi connectivity index (χ1n) is 15.4. The highest BCUT2D eigenvalue weighted by molar-refractivity contribution is 5.88. The van der Waals surface area contributed by atoms with Gasteiger partial charge in [0.1, 0.15) is 23.4 Å². The van der Waals surface area contributed by atoms with Crippen molar-refractivity contribution in [1.29, 1.82) is 0 Å². The van der Waals surface area contributed by atoms with Crippen LogP contribution in [0.25, 0.3) is 0 Å². The summed E-state index contributed by atoms with van der Waals surface area (Å²) >= 11 is 0. The molecule has 0 bridgehead atoms. The van der Waals surface area contributed by atoms with Gasteiger partial charge >= 0.3 is 11.9 Å². The van der Waals surface area contributed by atoms with E-state index in [0.29, 0.717) is 11.8 Å². The largest absolute Gasteiger partial charge is 0.497 e. The second-order valence-electron chi connectivity index (χ2n) is 12.3. The number of benzene rings is 2. The van der Waals surface area contributed by atoms with Crippen LogP contribution in [-0.2, 0) is 30.4 Å². The first kappa shape index (κ1) is 37.8. The van der Waals surface area contributed by atoms with Gasteiger partial charge in [-0.3, -0.25) is 24.0 Å². The van der Waals surface area contributed by atoms with E-state index in [1.54, 1.807) is 13.8 Å². The average molecular weight is 678 g/mol. The minimum atomic E-state index is -1.71. The lowest BCUT2D eigenvalue weighted by molar-refractivity contribution is -0.149. The van der Waals surface area contributed by atoms with Crippen LogP contribution in [-0.4, -0.2) is 81.4 Å². The number of hydrogen-bond acceptors (Lipinski definition) is 8. The van der Waals surface area contributed by atoms with Crippen molar-refractivity contribution in [3.63, 3.8) is 0 Å². The van der Waals surface area contributed by atoms with Crippen LogP contribution in [0.5, 0.6) is 5.75 Å². The van der Waals surface area contributed by atoms with Gasteiger partial charge in [-0.2, -0.15) is 0 Å². The Morgan fingerprint density at radius 3 is 1.92 bits per heavy atom. The third kappa shape index (κ3) is 10.7. The highest BCUT2D eigenvalue weighted by Crippen LogP contribution is 2.30. The van der Waals surface area contributed by atoms with Crippen LogP contribution in [0.15, 0.2) is 42.5 Å². The topological polar surface area (TPSA) is 212 Å². The van der Waals surface area contributed by atoms with E-state index in [0.717, 1.165) is 12.1 Å². The Balaban J connectivity index is 1.73. The van der Waals surface area contributed by atoms with Crippen molar-refractivity contribution < 1.29 is 57.9 Å². The van der Waals surface area contributed by atoms with E-state index in [2.05, 4.69) is 16.0 Å². The second-order valence-corrected chi connectivity index (χ2v) is 12.3. The Morgan fingerprint density at radius 2 is 1.42 bits per heavy atom. The molecule has 3 unspecified atom stereocenters. The molecule has 6 atom stereocenters. The van der Waals surface area contributed by atoms with Crippen LogP contribution in [0.4, 0.5) is 8.78 Å². The van der Waals surface area contributed by atoms with Gasteiger partial charge in [0.05, 0.1) is 37.5 Å². The molecule has 48 heavy (non-hydrogen) atoms. The maximum Gasteiger partial charge on any atom is 0.306 e. The summed E-state index contributed by atoms with van der Waals surface area (Å²) in [5.74, 6) is -8.63. The zero-order chi connectivity index (χ0) is 35.7. The summed E-state index contributed by atoms with van der Waals surface area (Å²) in [7, 11) is 1.44. The number of carboxylic acid groups (broad SMARTS) is 2. The second kappa shape index (κ2) is 17.0. The molecule has 0 saturated heterocycles. The number of rotatable bonds is 15. The minimum absolute atomic E-state index is 0.00670. The maximum atomic E-state index is 13.9. The van der Waals surface area contributed by atoms with Gasteiger partial charge in [0.25, 0.3) is 5.91 Å². The highest BCUT2D eigenvalue weighted by atomic mass is 19.1. The standard InChI is InChI=1S/C33H41F2N3O10/c1-16(2)28(30(42)36-23-12-19(32(44)45)11-20(13-23)33(46)47)38-27(40)15-26(39)25(10-17-8-21(34)14-22(35)9-17)37-31(43)29(41)18-4-6-24(48-3)7-5-18/h4-9,14,16,19-20,23,25-26,28-29,39,41H,10-13,15H2,1-3H3,(H,36,42)(H,37,43)(H,38,40)(H,44,45)(H,46,47)/t19?,20?,23?,25-,26-,28-,29?/m0/s1. The van der Waals surface area contributed by atoms with Crippen LogP contribution in [0.2, 0.25) is 0 Å². The maximum absolute atomic E-state index is 13.9. The molecule has 1 aliphatic carbocycles. The smallest absolute Gasteiger partial charge is 0.306 e. The van der Waals surface area contributed by atoms with Crippen molar-refractivity contribution >= 4 is 29.7 Å². The summed E-state index contributed by atoms with van der Waals surface area (Å²) in [6, 6.07) is 5.27. The first-order chi connectivity index (χ1) is 22.6. The molecule has 0 aromatic heterocycles. The molecule has 3 rings (SSSR count). The van der Waals surface area contributed by atoms with Gasteiger partial charge in [0.2, 0.25) is 11.8 Å². The molecule has 262 valence electrons. The van der Waals surface area contributed by atoms with Gasteiger partial charge in [-0.25, -0.2) is 8.78 Å². The van der Waals surface area contributed by atoms with Crippen molar-refractivity contribution in [2.24, 2.45) is 17.8 Å². The molecular weight excluding hydrogens is 636 g/mol.